The van der Waals surface area contributed by atoms with E-state index in [0.29, 0.717) is 23.6 Å². The Morgan fingerprint density at radius 3 is 1.82 bits per heavy atom. The molecule has 0 aliphatic carbocycles. The van der Waals surface area contributed by atoms with Gasteiger partial charge in [0.25, 0.3) is 0 Å². The predicted octanol–water partition coefficient (Wildman–Crippen LogP) is 4.80. The molecular weight excluding hydrogens is 508 g/mol. The molecule has 207 valence electrons. The third-order valence-corrected chi connectivity index (χ3v) is 5.55. The Morgan fingerprint density at radius 1 is 0.795 bits per heavy atom. The van der Waals surface area contributed by atoms with Crippen molar-refractivity contribution in [1.82, 2.24) is 0 Å². The largest absolute Gasteiger partial charge is 0.462 e. The first-order chi connectivity index (χ1) is 18.6. The number of hydrogen-bond donors (Lipinski definition) is 0. The summed E-state index contributed by atoms with van der Waals surface area (Å²) in [4.78, 5) is 61.6. The van der Waals surface area contributed by atoms with Crippen LogP contribution in [0.25, 0.3) is 21.7 Å². The number of carbonyl (C=O) groups excluding carboxylic acids is 4. The van der Waals surface area contributed by atoms with Gasteiger partial charge < -0.3 is 23.4 Å². The summed E-state index contributed by atoms with van der Waals surface area (Å²) in [7, 11) is 0. The van der Waals surface area contributed by atoms with Gasteiger partial charge in [-0.15, -0.1) is 0 Å². The maximum absolute atomic E-state index is 12.7. The SMILES string of the molecule is CCCC(=O)O[C@H](C)CC(=O)Oc1cc2c(=O)oc3c[c]ccc3c2cc1OC(=O)C[C@@H](C)OC(=O)CCC. The van der Waals surface area contributed by atoms with Gasteiger partial charge in [0.05, 0.1) is 18.2 Å². The molecule has 3 rings (SSSR count). The van der Waals surface area contributed by atoms with Crippen LogP contribution in [0.15, 0.2) is 39.5 Å². The fourth-order valence-electron chi connectivity index (χ4n) is 3.84. The first kappa shape index (κ1) is 29.3. The average molecular weight is 540 g/mol. The van der Waals surface area contributed by atoms with E-state index in [1.54, 1.807) is 26.0 Å². The summed E-state index contributed by atoms with van der Waals surface area (Å²) in [6, 6.07) is 10.3. The van der Waals surface area contributed by atoms with E-state index in [9.17, 15) is 24.0 Å². The standard InChI is InChI=1S/C29H31O10/c1-5-9-25(30)35-17(3)13-27(32)37-23-15-20-19-11-7-8-12-22(19)39-29(34)21(20)16-24(23)38-28(33)14-18(4)36-26(31)10-6-2/h7,11-12,15-18H,5-6,9-10,13-14H2,1-4H3/t17-,18-/m1/s1. The van der Waals surface area contributed by atoms with Gasteiger partial charge in [0.15, 0.2) is 11.5 Å². The van der Waals surface area contributed by atoms with Gasteiger partial charge in [-0.1, -0.05) is 19.9 Å². The molecule has 0 bridgehead atoms. The van der Waals surface area contributed by atoms with E-state index in [1.807, 2.05) is 13.8 Å². The van der Waals surface area contributed by atoms with Crippen molar-refractivity contribution in [2.75, 3.05) is 0 Å². The lowest BCUT2D eigenvalue weighted by Gasteiger charge is -2.16. The fourth-order valence-corrected chi connectivity index (χ4v) is 3.84. The Kier molecular flexibility index (Phi) is 10.2. The van der Waals surface area contributed by atoms with E-state index in [4.69, 9.17) is 23.4 Å². The fraction of sp³-hybridized carbons (Fsp3) is 0.414. The van der Waals surface area contributed by atoms with E-state index in [-0.39, 0.29) is 48.2 Å². The molecule has 0 amide bonds. The molecule has 1 heterocycles. The van der Waals surface area contributed by atoms with Gasteiger partial charge in [0.2, 0.25) is 0 Å². The van der Waals surface area contributed by atoms with Crippen molar-refractivity contribution < 1.29 is 42.5 Å². The van der Waals surface area contributed by atoms with Crippen molar-refractivity contribution in [2.24, 2.45) is 0 Å². The molecule has 1 aromatic heterocycles. The number of benzene rings is 2. The zero-order valence-electron chi connectivity index (χ0n) is 22.4. The number of hydrogen-bond acceptors (Lipinski definition) is 10. The van der Waals surface area contributed by atoms with Gasteiger partial charge in [-0.3, -0.25) is 19.2 Å². The summed E-state index contributed by atoms with van der Waals surface area (Å²) in [6.07, 6.45) is -0.366. The van der Waals surface area contributed by atoms with Gasteiger partial charge >= 0.3 is 29.5 Å². The second-order valence-corrected chi connectivity index (χ2v) is 9.11. The highest BCUT2D eigenvalue weighted by atomic mass is 16.6. The van der Waals surface area contributed by atoms with Gasteiger partial charge in [0, 0.05) is 23.6 Å². The topological polar surface area (TPSA) is 135 Å². The monoisotopic (exact) mass is 539 g/mol. The normalized spacial score (nSPS) is 12.5. The van der Waals surface area contributed by atoms with Gasteiger partial charge in [-0.2, -0.15) is 0 Å². The molecule has 0 unspecified atom stereocenters. The average Bonchev–Trinajstić information content (AvgIpc) is 2.84. The number of rotatable bonds is 12. The third kappa shape index (κ3) is 8.13. The highest BCUT2D eigenvalue weighted by Crippen LogP contribution is 2.35. The lowest BCUT2D eigenvalue weighted by Crippen LogP contribution is -2.23. The summed E-state index contributed by atoms with van der Waals surface area (Å²) in [5.41, 5.74) is -0.415. The van der Waals surface area contributed by atoms with E-state index in [2.05, 4.69) is 6.07 Å². The maximum atomic E-state index is 12.7. The molecule has 10 nitrogen and oxygen atoms in total. The van der Waals surface area contributed by atoms with Crippen molar-refractivity contribution in [3.63, 3.8) is 0 Å². The van der Waals surface area contributed by atoms with Crippen molar-refractivity contribution in [3.05, 3.63) is 46.8 Å². The summed E-state index contributed by atoms with van der Waals surface area (Å²) in [5, 5.41) is 1.06. The molecular formula is C29H31O10. The van der Waals surface area contributed by atoms with Crippen molar-refractivity contribution in [1.29, 1.82) is 0 Å². The molecule has 0 saturated heterocycles. The van der Waals surface area contributed by atoms with Crippen molar-refractivity contribution in [2.45, 2.75) is 78.4 Å². The highest BCUT2D eigenvalue weighted by molar-refractivity contribution is 6.05. The molecule has 0 spiro atoms. The van der Waals surface area contributed by atoms with Crippen LogP contribution in [0.2, 0.25) is 0 Å². The van der Waals surface area contributed by atoms with Gasteiger partial charge in [0.1, 0.15) is 17.8 Å². The number of ether oxygens (including phenoxy) is 4. The highest BCUT2D eigenvalue weighted by Gasteiger charge is 2.22. The van der Waals surface area contributed by atoms with E-state index < -0.39 is 41.7 Å². The molecule has 0 N–H and O–H groups in total. The molecule has 10 heteroatoms. The van der Waals surface area contributed by atoms with Crippen LogP contribution in [-0.4, -0.2) is 36.1 Å². The summed E-state index contributed by atoms with van der Waals surface area (Å²) in [6.45, 7) is 6.78. The molecule has 0 saturated carbocycles. The third-order valence-electron chi connectivity index (χ3n) is 5.55. The van der Waals surface area contributed by atoms with Crippen molar-refractivity contribution in [3.8, 4) is 11.5 Å². The minimum absolute atomic E-state index is 0.0978. The summed E-state index contributed by atoms with van der Waals surface area (Å²) >= 11 is 0. The quantitative estimate of drug-likeness (QED) is 0.137. The molecule has 0 fully saturated rings. The van der Waals surface area contributed by atoms with Crippen LogP contribution in [0.4, 0.5) is 0 Å². The molecule has 0 aliphatic rings. The van der Waals surface area contributed by atoms with Crippen LogP contribution in [0, 0.1) is 6.07 Å². The van der Waals surface area contributed by atoms with Gasteiger partial charge in [-0.05, 0) is 57.0 Å². The zero-order chi connectivity index (χ0) is 28.5. The number of esters is 4. The Morgan fingerprint density at radius 2 is 1.31 bits per heavy atom. The molecule has 0 aliphatic heterocycles. The lowest BCUT2D eigenvalue weighted by molar-refractivity contribution is -0.153. The first-order valence-electron chi connectivity index (χ1n) is 12.8. The molecule has 39 heavy (non-hydrogen) atoms. The Bertz CT molecular complexity index is 1420. The number of carbonyl (C=O) groups is 4. The number of fused-ring (bicyclic) bond motifs is 3. The van der Waals surface area contributed by atoms with Crippen LogP contribution in [0.5, 0.6) is 11.5 Å². The van der Waals surface area contributed by atoms with E-state index in [1.165, 1.54) is 18.2 Å². The van der Waals surface area contributed by atoms with Crippen LogP contribution < -0.4 is 15.1 Å². The Hall–Kier alpha value is -4.21. The van der Waals surface area contributed by atoms with Gasteiger partial charge in [-0.25, -0.2) is 4.79 Å². The predicted molar refractivity (Wildman–Crippen MR) is 140 cm³/mol. The molecule has 1 radical (unpaired) electrons. The van der Waals surface area contributed by atoms with E-state index >= 15 is 0 Å². The van der Waals surface area contributed by atoms with Crippen LogP contribution >= 0.6 is 0 Å². The minimum atomic E-state index is -0.773. The summed E-state index contributed by atoms with van der Waals surface area (Å²) < 4.78 is 26.7. The summed E-state index contributed by atoms with van der Waals surface area (Å²) in [5.74, 6) is -2.70. The molecule has 2 aromatic carbocycles. The smallest absolute Gasteiger partial charge is 0.344 e. The second-order valence-electron chi connectivity index (χ2n) is 9.11. The molecule has 2 atom stereocenters. The molecule has 3 aromatic rings. The van der Waals surface area contributed by atoms with Crippen LogP contribution in [-0.2, 0) is 28.7 Å². The lowest BCUT2D eigenvalue weighted by atomic mass is 10.1. The zero-order valence-corrected chi connectivity index (χ0v) is 22.4. The maximum Gasteiger partial charge on any atom is 0.344 e. The minimum Gasteiger partial charge on any atom is -0.462 e. The Labute approximate surface area is 225 Å². The van der Waals surface area contributed by atoms with Crippen LogP contribution in [0.1, 0.15) is 66.2 Å². The first-order valence-corrected chi connectivity index (χ1v) is 12.8. The Balaban J connectivity index is 1.90. The van der Waals surface area contributed by atoms with Crippen LogP contribution in [0.3, 0.4) is 0 Å². The second kappa shape index (κ2) is 13.5. The van der Waals surface area contributed by atoms with Crippen molar-refractivity contribution >= 4 is 45.6 Å². The van der Waals surface area contributed by atoms with E-state index in [0.717, 1.165) is 0 Å².